The van der Waals surface area contributed by atoms with Crippen molar-refractivity contribution in [1.29, 1.82) is 0 Å². The lowest BCUT2D eigenvalue weighted by atomic mass is 10.1. The predicted octanol–water partition coefficient (Wildman–Crippen LogP) is 2.84. The maximum Gasteiger partial charge on any atom is 0.194 e. The normalized spacial score (nSPS) is 19.5. The minimum atomic E-state index is 0. The van der Waals surface area contributed by atoms with E-state index in [9.17, 15) is 0 Å². The second-order valence-corrected chi connectivity index (χ2v) is 7.57. The fraction of sp³-hybridized carbons (Fsp3) is 0.682. The zero-order chi connectivity index (χ0) is 20.3. The third-order valence-electron chi connectivity index (χ3n) is 5.44. The predicted molar refractivity (Wildman–Crippen MR) is 133 cm³/mol. The van der Waals surface area contributed by atoms with Crippen LogP contribution in [0.1, 0.15) is 19.8 Å². The lowest BCUT2D eigenvalue weighted by Crippen LogP contribution is -2.52. The number of hydrogen-bond acceptors (Lipinski definition) is 5. The van der Waals surface area contributed by atoms with Gasteiger partial charge in [-0.2, -0.15) is 0 Å². The molecule has 1 unspecified atom stereocenters. The van der Waals surface area contributed by atoms with Crippen molar-refractivity contribution in [3.8, 4) is 5.75 Å². The summed E-state index contributed by atoms with van der Waals surface area (Å²) in [6.07, 6.45) is 2.08. The molecular weight excluding hydrogens is 495 g/mol. The van der Waals surface area contributed by atoms with E-state index in [2.05, 4.69) is 34.2 Å². The van der Waals surface area contributed by atoms with Crippen LogP contribution in [0.4, 0.5) is 5.69 Å². The highest BCUT2D eigenvalue weighted by molar-refractivity contribution is 14.0. The molecule has 0 aliphatic carbocycles. The van der Waals surface area contributed by atoms with Gasteiger partial charge in [-0.1, -0.05) is 0 Å². The van der Waals surface area contributed by atoms with Gasteiger partial charge in [-0.3, -0.25) is 4.99 Å². The van der Waals surface area contributed by atoms with E-state index in [1.165, 1.54) is 5.69 Å². The molecular formula is C22H37IN4O3. The molecule has 0 amide bonds. The van der Waals surface area contributed by atoms with Crippen LogP contribution in [0.5, 0.6) is 5.75 Å². The van der Waals surface area contributed by atoms with Gasteiger partial charge in [0.25, 0.3) is 0 Å². The Hall–Kier alpha value is -1.26. The molecule has 2 fully saturated rings. The number of hydrogen-bond donors (Lipinski definition) is 1. The zero-order valence-electron chi connectivity index (χ0n) is 18.3. The summed E-state index contributed by atoms with van der Waals surface area (Å²) in [6.45, 7) is 11.0. The monoisotopic (exact) mass is 532 g/mol. The number of guanidine groups is 1. The van der Waals surface area contributed by atoms with E-state index in [1.807, 2.05) is 12.1 Å². The summed E-state index contributed by atoms with van der Waals surface area (Å²) in [7, 11) is 1.70. The van der Waals surface area contributed by atoms with Crippen LogP contribution in [0.25, 0.3) is 0 Å². The van der Waals surface area contributed by atoms with Crippen LogP contribution in [0.15, 0.2) is 29.3 Å². The molecule has 0 aromatic heterocycles. The van der Waals surface area contributed by atoms with Crippen molar-refractivity contribution in [3.05, 3.63) is 24.3 Å². The Morgan fingerprint density at radius 2 is 1.97 bits per heavy atom. The Bertz CT molecular complexity index is 615. The van der Waals surface area contributed by atoms with E-state index in [4.69, 9.17) is 19.2 Å². The number of benzene rings is 1. The number of piperazine rings is 1. The topological polar surface area (TPSA) is 58.6 Å². The molecule has 7 nitrogen and oxygen atoms in total. The van der Waals surface area contributed by atoms with Crippen LogP contribution < -0.4 is 15.0 Å². The summed E-state index contributed by atoms with van der Waals surface area (Å²) in [5.74, 6) is 2.50. The van der Waals surface area contributed by atoms with Crippen molar-refractivity contribution in [2.75, 3.05) is 77.7 Å². The fourth-order valence-electron chi connectivity index (χ4n) is 3.71. The third kappa shape index (κ3) is 7.77. The first-order chi connectivity index (χ1) is 14.3. The van der Waals surface area contributed by atoms with E-state index in [0.717, 1.165) is 90.2 Å². The summed E-state index contributed by atoms with van der Waals surface area (Å²) in [5, 5.41) is 3.44. The van der Waals surface area contributed by atoms with Gasteiger partial charge in [-0.25, -0.2) is 0 Å². The van der Waals surface area contributed by atoms with Gasteiger partial charge in [-0.15, -0.1) is 24.0 Å². The van der Waals surface area contributed by atoms with E-state index >= 15 is 0 Å². The highest BCUT2D eigenvalue weighted by Crippen LogP contribution is 2.20. The van der Waals surface area contributed by atoms with Crippen LogP contribution in [0.3, 0.4) is 0 Å². The van der Waals surface area contributed by atoms with Gasteiger partial charge in [0.1, 0.15) is 5.75 Å². The second-order valence-electron chi connectivity index (χ2n) is 7.57. The number of nitrogens with one attached hydrogen (secondary N) is 1. The highest BCUT2D eigenvalue weighted by atomic mass is 127. The van der Waals surface area contributed by atoms with E-state index in [-0.39, 0.29) is 24.0 Å². The van der Waals surface area contributed by atoms with Gasteiger partial charge in [0, 0.05) is 64.1 Å². The Morgan fingerprint density at radius 1 is 1.20 bits per heavy atom. The molecule has 8 heteroatoms. The molecule has 0 bridgehead atoms. The molecule has 30 heavy (non-hydrogen) atoms. The molecule has 1 aromatic carbocycles. The molecule has 1 aromatic rings. The first-order valence-electron chi connectivity index (χ1n) is 10.9. The standard InChI is InChI=1S/C22H36N4O3.HI/c1-3-23-22(24-10-4-15-28-17-19-9-16-29-18-19)26-13-11-25(12-14-26)20-5-7-21(27-2)8-6-20;/h5-8,19H,3-4,9-18H2,1-2H3,(H,23,24);1H. The lowest BCUT2D eigenvalue weighted by molar-refractivity contribution is 0.0893. The number of halogens is 1. The van der Waals surface area contributed by atoms with E-state index < -0.39 is 0 Å². The van der Waals surface area contributed by atoms with Crippen molar-refractivity contribution in [2.45, 2.75) is 19.8 Å². The van der Waals surface area contributed by atoms with Crippen LogP contribution in [-0.2, 0) is 9.47 Å². The number of nitrogens with zero attached hydrogens (tertiary/aromatic N) is 3. The third-order valence-corrected chi connectivity index (χ3v) is 5.44. The summed E-state index contributed by atoms with van der Waals surface area (Å²) in [4.78, 5) is 9.60. The van der Waals surface area contributed by atoms with Crippen LogP contribution in [-0.4, -0.2) is 83.7 Å². The number of ether oxygens (including phenoxy) is 3. The average Bonchev–Trinajstić information content (AvgIpc) is 3.29. The van der Waals surface area contributed by atoms with Gasteiger partial charge in [0.2, 0.25) is 0 Å². The highest BCUT2D eigenvalue weighted by Gasteiger charge is 2.20. The molecule has 3 rings (SSSR count). The minimum absolute atomic E-state index is 0. The maximum absolute atomic E-state index is 5.79. The maximum atomic E-state index is 5.79. The number of rotatable bonds is 9. The zero-order valence-corrected chi connectivity index (χ0v) is 20.7. The largest absolute Gasteiger partial charge is 0.497 e. The summed E-state index contributed by atoms with van der Waals surface area (Å²) >= 11 is 0. The lowest BCUT2D eigenvalue weighted by Gasteiger charge is -2.37. The Kier molecular flexibility index (Phi) is 11.6. The smallest absolute Gasteiger partial charge is 0.194 e. The Labute approximate surface area is 198 Å². The molecule has 0 radical (unpaired) electrons. The van der Waals surface area contributed by atoms with Crippen LogP contribution >= 0.6 is 24.0 Å². The summed E-state index contributed by atoms with van der Waals surface area (Å²) in [5.41, 5.74) is 1.25. The minimum Gasteiger partial charge on any atom is -0.497 e. The molecule has 0 saturated carbocycles. The number of aliphatic imine (C=N–C) groups is 1. The van der Waals surface area contributed by atoms with Gasteiger partial charge < -0.3 is 29.3 Å². The van der Waals surface area contributed by atoms with Crippen molar-refractivity contribution in [2.24, 2.45) is 10.9 Å². The molecule has 2 saturated heterocycles. The van der Waals surface area contributed by atoms with Gasteiger partial charge >= 0.3 is 0 Å². The molecule has 2 aliphatic heterocycles. The fourth-order valence-corrected chi connectivity index (χ4v) is 3.71. The molecule has 2 heterocycles. The summed E-state index contributed by atoms with van der Waals surface area (Å²) < 4.78 is 16.4. The van der Waals surface area contributed by atoms with E-state index in [1.54, 1.807) is 7.11 Å². The Morgan fingerprint density at radius 3 is 2.60 bits per heavy atom. The first-order valence-corrected chi connectivity index (χ1v) is 10.9. The average molecular weight is 532 g/mol. The Balaban J connectivity index is 0.00000320. The van der Waals surface area contributed by atoms with Crippen LogP contribution in [0.2, 0.25) is 0 Å². The molecule has 1 atom stereocenters. The summed E-state index contributed by atoms with van der Waals surface area (Å²) in [6, 6.07) is 8.31. The molecule has 170 valence electrons. The van der Waals surface area contributed by atoms with Gasteiger partial charge in [0.15, 0.2) is 5.96 Å². The van der Waals surface area contributed by atoms with Gasteiger partial charge in [0.05, 0.1) is 20.3 Å². The molecule has 1 N–H and O–H groups in total. The van der Waals surface area contributed by atoms with Crippen molar-refractivity contribution >= 4 is 35.6 Å². The SMILES string of the molecule is CCNC(=NCCCOCC1CCOC1)N1CCN(c2ccc(OC)cc2)CC1.I. The van der Waals surface area contributed by atoms with Crippen molar-refractivity contribution in [1.82, 2.24) is 10.2 Å². The number of methoxy groups -OCH3 is 1. The van der Waals surface area contributed by atoms with E-state index in [0.29, 0.717) is 5.92 Å². The quantitative estimate of drug-likeness (QED) is 0.229. The molecule has 2 aliphatic rings. The van der Waals surface area contributed by atoms with Gasteiger partial charge in [-0.05, 0) is 44.0 Å². The van der Waals surface area contributed by atoms with Crippen molar-refractivity contribution < 1.29 is 14.2 Å². The first kappa shape index (κ1) is 25.0. The number of anilines is 1. The second kappa shape index (κ2) is 13.9. The van der Waals surface area contributed by atoms with Crippen molar-refractivity contribution in [3.63, 3.8) is 0 Å². The molecule has 0 spiro atoms. The van der Waals surface area contributed by atoms with Crippen LogP contribution in [0, 0.1) is 5.92 Å².